The molecular formula is C20H18ClF2N3O2. The van der Waals surface area contributed by atoms with Gasteiger partial charge in [-0.1, -0.05) is 41.9 Å². The van der Waals surface area contributed by atoms with Crippen molar-refractivity contribution in [3.63, 3.8) is 0 Å². The maximum atomic E-state index is 13.8. The van der Waals surface area contributed by atoms with E-state index in [0.717, 1.165) is 18.2 Å². The van der Waals surface area contributed by atoms with Gasteiger partial charge < -0.3 is 10.6 Å². The van der Waals surface area contributed by atoms with Crippen LogP contribution >= 0.6 is 11.6 Å². The van der Waals surface area contributed by atoms with E-state index in [-0.39, 0.29) is 18.0 Å². The Bertz CT molecular complexity index is 938. The molecule has 0 aromatic heterocycles. The van der Waals surface area contributed by atoms with Gasteiger partial charge in [-0.3, -0.25) is 14.6 Å². The molecule has 2 N–H and O–H groups in total. The van der Waals surface area contributed by atoms with E-state index in [1.807, 2.05) is 0 Å². The number of benzene rings is 2. The number of allylic oxidation sites excluding steroid dienone is 1. The lowest BCUT2D eigenvalue weighted by atomic mass is 10.1. The van der Waals surface area contributed by atoms with Crippen LogP contribution in [0.5, 0.6) is 0 Å². The van der Waals surface area contributed by atoms with Crippen molar-refractivity contribution in [3.8, 4) is 0 Å². The zero-order valence-corrected chi connectivity index (χ0v) is 16.0. The Kier molecular flexibility index (Phi) is 7.40. The molecule has 0 radical (unpaired) electrons. The molecule has 2 amide bonds. The second-order valence-corrected chi connectivity index (χ2v) is 6.01. The van der Waals surface area contributed by atoms with E-state index in [1.54, 1.807) is 31.2 Å². The normalized spacial score (nSPS) is 11.9. The second kappa shape index (κ2) is 9.75. The quantitative estimate of drug-likeness (QED) is 0.720. The lowest BCUT2D eigenvalue weighted by Gasteiger charge is -2.13. The molecule has 5 nitrogen and oxygen atoms in total. The number of carbonyl (C=O) groups is 2. The molecule has 0 saturated heterocycles. The van der Waals surface area contributed by atoms with E-state index in [4.69, 9.17) is 11.6 Å². The minimum absolute atomic E-state index is 0.0202. The van der Waals surface area contributed by atoms with Crippen molar-refractivity contribution >= 4 is 29.1 Å². The van der Waals surface area contributed by atoms with Crippen molar-refractivity contribution in [2.24, 2.45) is 4.99 Å². The summed E-state index contributed by atoms with van der Waals surface area (Å²) in [6.07, 6.45) is 1.41. The number of hydrogen-bond donors (Lipinski definition) is 2. The largest absolute Gasteiger partial charge is 0.347 e. The van der Waals surface area contributed by atoms with E-state index in [0.29, 0.717) is 10.6 Å². The summed E-state index contributed by atoms with van der Waals surface area (Å²) >= 11 is 6.06. The van der Waals surface area contributed by atoms with Crippen LogP contribution in [0.2, 0.25) is 5.02 Å². The van der Waals surface area contributed by atoms with Crippen LogP contribution in [-0.4, -0.2) is 24.6 Å². The highest BCUT2D eigenvalue weighted by molar-refractivity contribution is 6.45. The average Bonchev–Trinajstić information content (AvgIpc) is 2.67. The molecule has 0 spiro atoms. The molecule has 0 aliphatic rings. The van der Waals surface area contributed by atoms with Gasteiger partial charge >= 0.3 is 0 Å². The number of aliphatic imine (C=N–C) groups is 1. The summed E-state index contributed by atoms with van der Waals surface area (Å²) < 4.78 is 27.6. The Morgan fingerprint density at radius 2 is 1.75 bits per heavy atom. The monoisotopic (exact) mass is 405 g/mol. The van der Waals surface area contributed by atoms with Gasteiger partial charge in [-0.25, -0.2) is 8.78 Å². The van der Waals surface area contributed by atoms with Crippen molar-refractivity contribution in [3.05, 3.63) is 82.0 Å². The highest BCUT2D eigenvalue weighted by Crippen LogP contribution is 2.15. The van der Waals surface area contributed by atoms with E-state index < -0.39 is 29.0 Å². The van der Waals surface area contributed by atoms with Crippen LogP contribution in [-0.2, 0) is 11.3 Å². The van der Waals surface area contributed by atoms with E-state index in [1.165, 1.54) is 13.1 Å². The van der Waals surface area contributed by atoms with Gasteiger partial charge in [-0.2, -0.15) is 0 Å². The highest BCUT2D eigenvalue weighted by atomic mass is 35.5. The first-order valence-corrected chi connectivity index (χ1v) is 8.67. The Labute approximate surface area is 166 Å². The van der Waals surface area contributed by atoms with E-state index in [9.17, 15) is 18.4 Å². The van der Waals surface area contributed by atoms with Crippen LogP contribution < -0.4 is 10.6 Å². The van der Waals surface area contributed by atoms with Crippen LogP contribution in [0.15, 0.2) is 59.2 Å². The zero-order chi connectivity index (χ0) is 20.7. The highest BCUT2D eigenvalue weighted by Gasteiger charge is 2.22. The van der Waals surface area contributed by atoms with E-state index >= 15 is 0 Å². The van der Waals surface area contributed by atoms with Crippen molar-refractivity contribution in [1.82, 2.24) is 10.6 Å². The third-order valence-corrected chi connectivity index (χ3v) is 4.19. The molecule has 2 aromatic rings. The maximum Gasteiger partial charge on any atom is 0.271 e. The first-order chi connectivity index (χ1) is 13.4. The number of nitrogens with one attached hydrogen (secondary N) is 2. The van der Waals surface area contributed by atoms with Crippen molar-refractivity contribution < 1.29 is 18.4 Å². The molecule has 2 aromatic carbocycles. The maximum absolute atomic E-state index is 13.8. The standard InChI is InChI=1S/C20H18ClF2N3O2/c1-3-16(26-19(27)17-14(22)9-6-10-15(17)23)18(24-2)20(28)25-11-12-7-4-5-8-13(12)21/h3-10H,11H2,1-2H3,(H,25,28)(H,26,27)/b16-3+,24-18+. The molecule has 0 bridgehead atoms. The fourth-order valence-corrected chi connectivity index (χ4v) is 2.62. The number of amides is 2. The van der Waals surface area contributed by atoms with E-state index in [2.05, 4.69) is 15.6 Å². The lowest BCUT2D eigenvalue weighted by Crippen LogP contribution is -2.38. The first kappa shape index (κ1) is 21.2. The molecule has 0 atom stereocenters. The third-order valence-electron chi connectivity index (χ3n) is 3.82. The number of carbonyl (C=O) groups excluding carboxylic acids is 2. The number of hydrogen-bond acceptors (Lipinski definition) is 3. The summed E-state index contributed by atoms with van der Waals surface area (Å²) in [5.41, 5.74) is -0.118. The van der Waals surface area contributed by atoms with Crippen LogP contribution in [0, 0.1) is 11.6 Å². The van der Waals surface area contributed by atoms with Gasteiger partial charge in [-0.05, 0) is 30.7 Å². The molecule has 0 heterocycles. The van der Waals surface area contributed by atoms with Gasteiger partial charge in [0.05, 0.1) is 5.70 Å². The van der Waals surface area contributed by atoms with Gasteiger partial charge in [0.15, 0.2) is 0 Å². The third kappa shape index (κ3) is 5.01. The summed E-state index contributed by atoms with van der Waals surface area (Å²) in [7, 11) is 1.36. The predicted molar refractivity (Wildman–Crippen MR) is 104 cm³/mol. The van der Waals surface area contributed by atoms with Crippen LogP contribution in [0.4, 0.5) is 8.78 Å². The van der Waals surface area contributed by atoms with Gasteiger partial charge in [0.2, 0.25) is 0 Å². The first-order valence-electron chi connectivity index (χ1n) is 8.29. The van der Waals surface area contributed by atoms with Gasteiger partial charge in [0.1, 0.15) is 22.9 Å². The van der Waals surface area contributed by atoms with Crippen molar-refractivity contribution in [2.75, 3.05) is 7.05 Å². The molecule has 0 aliphatic carbocycles. The Hall–Kier alpha value is -3.06. The molecular weight excluding hydrogens is 388 g/mol. The summed E-state index contributed by atoms with van der Waals surface area (Å²) in [6.45, 7) is 1.70. The fraction of sp³-hybridized carbons (Fsp3) is 0.150. The van der Waals surface area contributed by atoms with Crippen molar-refractivity contribution in [2.45, 2.75) is 13.5 Å². The summed E-state index contributed by atoms with van der Waals surface area (Å²) in [6, 6.07) is 10.1. The predicted octanol–water partition coefficient (Wildman–Crippen LogP) is 3.64. The number of nitrogens with zero attached hydrogens (tertiary/aromatic N) is 1. The zero-order valence-electron chi connectivity index (χ0n) is 15.2. The minimum Gasteiger partial charge on any atom is -0.347 e. The SMILES string of the molecule is C/C=C(NC(=O)c1c(F)cccc1F)\C(=N/C)C(=O)NCc1ccccc1Cl. The average molecular weight is 406 g/mol. The molecule has 28 heavy (non-hydrogen) atoms. The minimum atomic E-state index is -1.02. The Balaban J connectivity index is 2.14. The molecule has 8 heteroatoms. The molecule has 0 aliphatic heterocycles. The molecule has 0 fully saturated rings. The van der Waals surface area contributed by atoms with Gasteiger partial charge in [-0.15, -0.1) is 0 Å². The van der Waals surface area contributed by atoms with Gasteiger partial charge in [0, 0.05) is 18.6 Å². The topological polar surface area (TPSA) is 70.6 Å². The van der Waals surface area contributed by atoms with Crippen LogP contribution in [0.1, 0.15) is 22.8 Å². The summed E-state index contributed by atoms with van der Waals surface area (Å²) in [5, 5.41) is 5.47. The summed E-state index contributed by atoms with van der Waals surface area (Å²) in [5.74, 6) is -3.62. The smallest absolute Gasteiger partial charge is 0.271 e. The van der Waals surface area contributed by atoms with Crippen molar-refractivity contribution in [1.29, 1.82) is 0 Å². The lowest BCUT2D eigenvalue weighted by molar-refractivity contribution is -0.114. The van der Waals surface area contributed by atoms with Gasteiger partial charge in [0.25, 0.3) is 11.8 Å². The molecule has 0 unspecified atom stereocenters. The summed E-state index contributed by atoms with van der Waals surface area (Å²) in [4.78, 5) is 28.7. The van der Waals surface area contributed by atoms with Crippen LogP contribution in [0.3, 0.4) is 0 Å². The second-order valence-electron chi connectivity index (χ2n) is 5.60. The fourth-order valence-electron chi connectivity index (χ4n) is 2.41. The molecule has 2 rings (SSSR count). The Morgan fingerprint density at radius 1 is 1.11 bits per heavy atom. The Morgan fingerprint density at radius 3 is 2.32 bits per heavy atom. The number of halogens is 3. The molecule has 146 valence electrons. The molecule has 0 saturated carbocycles. The number of rotatable bonds is 6. The van der Waals surface area contributed by atoms with Crippen LogP contribution in [0.25, 0.3) is 0 Å².